The van der Waals surface area contributed by atoms with Crippen molar-refractivity contribution >= 4 is 0 Å². The van der Waals surface area contributed by atoms with E-state index >= 15 is 0 Å². The van der Waals surface area contributed by atoms with Gasteiger partial charge >= 0.3 is 0 Å². The summed E-state index contributed by atoms with van der Waals surface area (Å²) in [7, 11) is 1.85. The fourth-order valence-electron chi connectivity index (χ4n) is 1.95. The normalized spacial score (nSPS) is 24.9. The van der Waals surface area contributed by atoms with Crippen molar-refractivity contribution in [2.45, 2.75) is 25.3 Å². The zero-order valence-corrected chi connectivity index (χ0v) is 9.87. The van der Waals surface area contributed by atoms with Crippen LogP contribution in [-0.4, -0.2) is 19.9 Å². The molecular formula is C11H15N5O. The van der Waals surface area contributed by atoms with Gasteiger partial charge in [0.1, 0.15) is 6.04 Å². The van der Waals surface area contributed by atoms with Gasteiger partial charge in [-0.3, -0.25) is 4.68 Å². The van der Waals surface area contributed by atoms with E-state index in [1.807, 2.05) is 13.2 Å². The Balaban J connectivity index is 1.81. The average molecular weight is 233 g/mol. The number of nitrogens with zero attached hydrogens (tertiary/aromatic N) is 4. The van der Waals surface area contributed by atoms with E-state index in [2.05, 4.69) is 22.2 Å². The molecule has 2 aromatic rings. The molecule has 0 saturated heterocycles. The first-order valence-electron chi connectivity index (χ1n) is 5.73. The van der Waals surface area contributed by atoms with Crippen LogP contribution in [0.15, 0.2) is 16.9 Å². The highest BCUT2D eigenvalue weighted by Gasteiger charge is 2.38. The molecule has 2 aromatic heterocycles. The summed E-state index contributed by atoms with van der Waals surface area (Å²) in [6.45, 7) is 2.18. The van der Waals surface area contributed by atoms with E-state index in [-0.39, 0.29) is 6.04 Å². The van der Waals surface area contributed by atoms with Gasteiger partial charge in [0.05, 0.1) is 6.20 Å². The van der Waals surface area contributed by atoms with Gasteiger partial charge in [-0.05, 0) is 12.3 Å². The molecule has 2 heterocycles. The van der Waals surface area contributed by atoms with Crippen LogP contribution in [0, 0.1) is 5.92 Å². The van der Waals surface area contributed by atoms with E-state index in [9.17, 15) is 0 Å². The van der Waals surface area contributed by atoms with Gasteiger partial charge in [-0.2, -0.15) is 10.1 Å². The third-order valence-corrected chi connectivity index (χ3v) is 3.25. The van der Waals surface area contributed by atoms with Crippen LogP contribution in [0.5, 0.6) is 0 Å². The molecule has 3 atom stereocenters. The van der Waals surface area contributed by atoms with Crippen LogP contribution < -0.4 is 5.73 Å². The molecule has 0 aliphatic heterocycles. The van der Waals surface area contributed by atoms with E-state index in [1.54, 1.807) is 10.9 Å². The van der Waals surface area contributed by atoms with Crippen molar-refractivity contribution in [1.82, 2.24) is 19.9 Å². The number of hydrogen-bond acceptors (Lipinski definition) is 5. The molecule has 17 heavy (non-hydrogen) atoms. The van der Waals surface area contributed by atoms with Crippen molar-refractivity contribution in [2.75, 3.05) is 0 Å². The van der Waals surface area contributed by atoms with Crippen molar-refractivity contribution in [1.29, 1.82) is 0 Å². The molecule has 0 aromatic carbocycles. The van der Waals surface area contributed by atoms with Crippen molar-refractivity contribution in [2.24, 2.45) is 18.7 Å². The number of nitrogens with two attached hydrogens (primary N) is 1. The Morgan fingerprint density at radius 3 is 2.94 bits per heavy atom. The highest BCUT2D eigenvalue weighted by atomic mass is 16.5. The van der Waals surface area contributed by atoms with E-state index < -0.39 is 0 Å². The summed E-state index contributed by atoms with van der Waals surface area (Å²) in [5.74, 6) is 2.36. The maximum absolute atomic E-state index is 6.05. The summed E-state index contributed by atoms with van der Waals surface area (Å²) in [5.41, 5.74) is 6.93. The Labute approximate surface area is 98.8 Å². The largest absolute Gasteiger partial charge is 0.337 e. The van der Waals surface area contributed by atoms with Crippen molar-refractivity contribution in [3.8, 4) is 0 Å². The Bertz CT molecular complexity index is 531. The fraction of sp³-hybridized carbons (Fsp3) is 0.545. The van der Waals surface area contributed by atoms with Gasteiger partial charge < -0.3 is 10.3 Å². The Kier molecular flexibility index (Phi) is 2.25. The molecule has 0 amide bonds. The molecule has 3 unspecified atom stereocenters. The number of aromatic nitrogens is 4. The standard InChI is InChI=1S/C11H15N5O/c1-6-3-8(6)10-14-11(17-15-10)9(12)7-4-13-16(2)5-7/h4-6,8-9H,3,12H2,1-2H3. The second-order valence-corrected chi connectivity index (χ2v) is 4.74. The molecule has 1 fully saturated rings. The highest BCUT2D eigenvalue weighted by Crippen LogP contribution is 2.45. The minimum absolute atomic E-state index is 0.390. The molecule has 6 nitrogen and oxygen atoms in total. The molecule has 90 valence electrons. The second kappa shape index (κ2) is 3.66. The first-order valence-corrected chi connectivity index (χ1v) is 5.73. The molecule has 1 aliphatic rings. The van der Waals surface area contributed by atoms with Gasteiger partial charge in [-0.25, -0.2) is 0 Å². The third kappa shape index (κ3) is 1.84. The number of rotatable bonds is 3. The van der Waals surface area contributed by atoms with Crippen LogP contribution in [0.1, 0.15) is 42.6 Å². The summed E-state index contributed by atoms with van der Waals surface area (Å²) in [5, 5.41) is 8.07. The van der Waals surface area contributed by atoms with Crippen molar-refractivity contribution < 1.29 is 4.52 Å². The molecule has 1 saturated carbocycles. The van der Waals surface area contributed by atoms with Gasteiger partial charge in [-0.15, -0.1) is 0 Å². The van der Waals surface area contributed by atoms with Crippen LogP contribution >= 0.6 is 0 Å². The Morgan fingerprint density at radius 1 is 1.59 bits per heavy atom. The lowest BCUT2D eigenvalue weighted by Crippen LogP contribution is -2.11. The molecular weight excluding hydrogens is 218 g/mol. The highest BCUT2D eigenvalue weighted by molar-refractivity contribution is 5.18. The number of hydrogen-bond donors (Lipinski definition) is 1. The lowest BCUT2D eigenvalue weighted by Gasteiger charge is -2.01. The summed E-state index contributed by atoms with van der Waals surface area (Å²) in [6, 6.07) is -0.390. The first kappa shape index (κ1) is 10.5. The Morgan fingerprint density at radius 2 is 2.35 bits per heavy atom. The lowest BCUT2D eigenvalue weighted by molar-refractivity contribution is 0.362. The van der Waals surface area contributed by atoms with Gasteiger partial charge in [0.15, 0.2) is 5.82 Å². The van der Waals surface area contributed by atoms with Gasteiger partial charge in [0, 0.05) is 24.7 Å². The maximum Gasteiger partial charge on any atom is 0.248 e. The summed E-state index contributed by atoms with van der Waals surface area (Å²) in [6.07, 6.45) is 4.71. The molecule has 0 spiro atoms. The first-order chi connectivity index (χ1) is 8.15. The monoisotopic (exact) mass is 233 g/mol. The summed E-state index contributed by atoms with van der Waals surface area (Å²) >= 11 is 0. The van der Waals surface area contributed by atoms with Crippen molar-refractivity contribution in [3.05, 3.63) is 29.7 Å². The van der Waals surface area contributed by atoms with Gasteiger partial charge in [0.25, 0.3) is 0 Å². The van der Waals surface area contributed by atoms with E-state index in [0.717, 1.165) is 17.8 Å². The maximum atomic E-state index is 6.05. The predicted octanol–water partition coefficient (Wildman–Crippen LogP) is 0.975. The smallest absolute Gasteiger partial charge is 0.248 e. The minimum Gasteiger partial charge on any atom is -0.337 e. The number of aryl methyl sites for hydroxylation is 1. The Hall–Kier alpha value is -1.69. The fourth-order valence-corrected chi connectivity index (χ4v) is 1.95. The summed E-state index contributed by atoms with van der Waals surface area (Å²) < 4.78 is 6.92. The topological polar surface area (TPSA) is 82.8 Å². The van der Waals surface area contributed by atoms with E-state index in [0.29, 0.717) is 17.7 Å². The van der Waals surface area contributed by atoms with E-state index in [1.165, 1.54) is 0 Å². The molecule has 1 aliphatic carbocycles. The minimum atomic E-state index is -0.390. The van der Waals surface area contributed by atoms with Crippen molar-refractivity contribution in [3.63, 3.8) is 0 Å². The molecule has 0 bridgehead atoms. The van der Waals surface area contributed by atoms with Crippen LogP contribution in [0.2, 0.25) is 0 Å². The molecule has 3 rings (SSSR count). The second-order valence-electron chi connectivity index (χ2n) is 4.74. The van der Waals surface area contributed by atoms with Crippen LogP contribution in [-0.2, 0) is 7.05 Å². The average Bonchev–Trinajstić information content (AvgIpc) is 2.75. The third-order valence-electron chi connectivity index (χ3n) is 3.25. The van der Waals surface area contributed by atoms with Crippen LogP contribution in [0.3, 0.4) is 0 Å². The quantitative estimate of drug-likeness (QED) is 0.854. The van der Waals surface area contributed by atoms with Crippen LogP contribution in [0.25, 0.3) is 0 Å². The predicted molar refractivity (Wildman–Crippen MR) is 60.1 cm³/mol. The zero-order valence-electron chi connectivity index (χ0n) is 9.87. The van der Waals surface area contributed by atoms with Gasteiger partial charge in [0.2, 0.25) is 5.89 Å². The molecule has 2 N–H and O–H groups in total. The molecule has 6 heteroatoms. The molecule has 0 radical (unpaired) electrons. The van der Waals surface area contributed by atoms with Gasteiger partial charge in [-0.1, -0.05) is 12.1 Å². The van der Waals surface area contributed by atoms with E-state index in [4.69, 9.17) is 10.3 Å². The zero-order chi connectivity index (χ0) is 12.0. The SMILES string of the molecule is CC1CC1c1noc(C(N)c2cnn(C)c2)n1. The summed E-state index contributed by atoms with van der Waals surface area (Å²) in [4.78, 5) is 4.37. The lowest BCUT2D eigenvalue weighted by atomic mass is 10.2. The van der Waals surface area contributed by atoms with Crippen LogP contribution in [0.4, 0.5) is 0 Å².